The molecule has 15 heavy (non-hydrogen) atoms. The Morgan fingerprint density at radius 1 is 1.47 bits per heavy atom. The first kappa shape index (κ1) is 10.9. The van der Waals surface area contributed by atoms with Crippen molar-refractivity contribution in [1.82, 2.24) is 4.98 Å². The molecule has 0 bridgehead atoms. The second kappa shape index (κ2) is 4.49. The Morgan fingerprint density at radius 2 is 2.13 bits per heavy atom. The Balaban J connectivity index is 2.09. The van der Waals surface area contributed by atoms with Gasteiger partial charge in [-0.1, -0.05) is 6.92 Å². The number of hydrogen-bond donors (Lipinski definition) is 0. The number of aryl methyl sites for hydroxylation is 1. The SMILES string of the molecule is CCc1csc(N2CC(C)OC(C)C2)n1. The molecule has 0 N–H and O–H groups in total. The van der Waals surface area contributed by atoms with Crippen LogP contribution < -0.4 is 4.90 Å². The smallest absolute Gasteiger partial charge is 0.185 e. The van der Waals surface area contributed by atoms with Gasteiger partial charge in [-0.25, -0.2) is 4.98 Å². The molecule has 1 aromatic heterocycles. The minimum absolute atomic E-state index is 0.308. The highest BCUT2D eigenvalue weighted by atomic mass is 32.1. The Hall–Kier alpha value is -0.610. The Kier molecular flexibility index (Phi) is 3.26. The van der Waals surface area contributed by atoms with E-state index >= 15 is 0 Å². The molecule has 0 radical (unpaired) electrons. The topological polar surface area (TPSA) is 25.4 Å². The van der Waals surface area contributed by atoms with Gasteiger partial charge in [0.25, 0.3) is 0 Å². The molecular formula is C11H18N2OS. The van der Waals surface area contributed by atoms with Gasteiger partial charge in [0, 0.05) is 18.5 Å². The number of anilines is 1. The summed E-state index contributed by atoms with van der Waals surface area (Å²) in [7, 11) is 0. The second-order valence-corrected chi connectivity index (χ2v) is 4.97. The first-order valence-corrected chi connectivity index (χ1v) is 6.41. The summed E-state index contributed by atoms with van der Waals surface area (Å²) in [5.74, 6) is 0. The summed E-state index contributed by atoms with van der Waals surface area (Å²) in [6.45, 7) is 8.30. The van der Waals surface area contributed by atoms with Gasteiger partial charge >= 0.3 is 0 Å². The van der Waals surface area contributed by atoms with Gasteiger partial charge in [0.15, 0.2) is 5.13 Å². The minimum atomic E-state index is 0.308. The molecule has 1 fully saturated rings. The fourth-order valence-corrected chi connectivity index (χ4v) is 2.87. The van der Waals surface area contributed by atoms with Crippen molar-refractivity contribution in [1.29, 1.82) is 0 Å². The molecule has 84 valence electrons. The summed E-state index contributed by atoms with van der Waals surface area (Å²) >= 11 is 1.74. The van der Waals surface area contributed by atoms with Crippen molar-refractivity contribution in [3.8, 4) is 0 Å². The molecule has 0 aromatic carbocycles. The van der Waals surface area contributed by atoms with Crippen molar-refractivity contribution < 1.29 is 4.74 Å². The summed E-state index contributed by atoms with van der Waals surface area (Å²) in [6.07, 6.45) is 1.64. The van der Waals surface area contributed by atoms with Gasteiger partial charge in [-0.2, -0.15) is 0 Å². The van der Waals surface area contributed by atoms with Gasteiger partial charge in [-0.05, 0) is 20.3 Å². The van der Waals surface area contributed by atoms with E-state index in [-0.39, 0.29) is 0 Å². The number of ether oxygens (including phenoxy) is 1. The molecule has 1 aliphatic rings. The maximum atomic E-state index is 5.71. The van der Waals surface area contributed by atoms with Gasteiger partial charge < -0.3 is 9.64 Å². The zero-order valence-corrected chi connectivity index (χ0v) is 10.4. The third-order valence-electron chi connectivity index (χ3n) is 2.59. The van der Waals surface area contributed by atoms with Crippen LogP contribution in [-0.4, -0.2) is 30.3 Å². The Bertz CT molecular complexity index is 316. The maximum Gasteiger partial charge on any atom is 0.185 e. The van der Waals surface area contributed by atoms with Crippen LogP contribution in [0.1, 0.15) is 26.5 Å². The fraction of sp³-hybridized carbons (Fsp3) is 0.727. The van der Waals surface area contributed by atoms with E-state index in [0.717, 1.165) is 24.6 Å². The van der Waals surface area contributed by atoms with Crippen molar-refractivity contribution in [2.75, 3.05) is 18.0 Å². The van der Waals surface area contributed by atoms with Crippen LogP contribution >= 0.6 is 11.3 Å². The largest absolute Gasteiger partial charge is 0.372 e. The molecule has 3 nitrogen and oxygen atoms in total. The summed E-state index contributed by atoms with van der Waals surface area (Å²) in [5.41, 5.74) is 1.20. The molecule has 0 saturated carbocycles. The highest BCUT2D eigenvalue weighted by Crippen LogP contribution is 2.24. The van der Waals surface area contributed by atoms with Crippen LogP contribution in [0.5, 0.6) is 0 Å². The predicted octanol–water partition coefficient (Wildman–Crippen LogP) is 2.32. The normalized spacial score (nSPS) is 27.0. The number of morpholine rings is 1. The zero-order chi connectivity index (χ0) is 10.8. The maximum absolute atomic E-state index is 5.71. The van der Waals surface area contributed by atoms with Crippen molar-refractivity contribution >= 4 is 16.5 Å². The van der Waals surface area contributed by atoms with E-state index in [9.17, 15) is 0 Å². The molecule has 2 atom stereocenters. The van der Waals surface area contributed by atoms with Crippen LogP contribution in [0.15, 0.2) is 5.38 Å². The van der Waals surface area contributed by atoms with E-state index < -0.39 is 0 Å². The fourth-order valence-electron chi connectivity index (χ4n) is 1.94. The summed E-state index contributed by atoms with van der Waals surface area (Å²) < 4.78 is 5.71. The molecule has 2 unspecified atom stereocenters. The van der Waals surface area contributed by atoms with E-state index in [0.29, 0.717) is 12.2 Å². The van der Waals surface area contributed by atoms with Crippen LogP contribution in [0.3, 0.4) is 0 Å². The van der Waals surface area contributed by atoms with Gasteiger partial charge in [0.05, 0.1) is 17.9 Å². The molecule has 4 heteroatoms. The van der Waals surface area contributed by atoms with E-state index in [1.165, 1.54) is 5.69 Å². The van der Waals surface area contributed by atoms with Crippen molar-refractivity contribution in [2.45, 2.75) is 39.4 Å². The minimum Gasteiger partial charge on any atom is -0.372 e. The van der Waals surface area contributed by atoms with Crippen LogP contribution in [0.4, 0.5) is 5.13 Å². The first-order valence-electron chi connectivity index (χ1n) is 5.54. The summed E-state index contributed by atoms with van der Waals surface area (Å²) in [6, 6.07) is 0. The zero-order valence-electron chi connectivity index (χ0n) is 9.56. The monoisotopic (exact) mass is 226 g/mol. The number of rotatable bonds is 2. The molecule has 1 aromatic rings. The molecule has 2 rings (SSSR count). The molecule has 0 amide bonds. The van der Waals surface area contributed by atoms with Crippen LogP contribution in [0, 0.1) is 0 Å². The number of thiazole rings is 1. The predicted molar refractivity (Wildman–Crippen MR) is 63.7 cm³/mol. The quantitative estimate of drug-likeness (QED) is 0.774. The molecule has 2 heterocycles. The summed E-state index contributed by atoms with van der Waals surface area (Å²) in [4.78, 5) is 6.95. The molecular weight excluding hydrogens is 208 g/mol. The third kappa shape index (κ3) is 2.49. The van der Waals surface area contributed by atoms with Crippen molar-refractivity contribution in [2.24, 2.45) is 0 Å². The van der Waals surface area contributed by atoms with Crippen LogP contribution in [-0.2, 0) is 11.2 Å². The van der Waals surface area contributed by atoms with E-state index in [4.69, 9.17) is 4.74 Å². The lowest BCUT2D eigenvalue weighted by Gasteiger charge is -2.35. The highest BCUT2D eigenvalue weighted by molar-refractivity contribution is 7.13. The molecule has 1 aliphatic heterocycles. The standard InChI is InChI=1S/C11H18N2OS/c1-4-10-7-15-11(12-10)13-5-8(2)14-9(3)6-13/h7-9H,4-6H2,1-3H3. The average Bonchev–Trinajstić information content (AvgIpc) is 2.64. The van der Waals surface area contributed by atoms with E-state index in [1.807, 2.05) is 0 Å². The van der Waals surface area contributed by atoms with Gasteiger partial charge in [0.2, 0.25) is 0 Å². The lowest BCUT2D eigenvalue weighted by atomic mass is 10.2. The lowest BCUT2D eigenvalue weighted by molar-refractivity contribution is -0.00523. The van der Waals surface area contributed by atoms with E-state index in [2.05, 4.69) is 36.0 Å². The highest BCUT2D eigenvalue weighted by Gasteiger charge is 2.23. The molecule has 1 saturated heterocycles. The number of hydrogen-bond acceptors (Lipinski definition) is 4. The van der Waals surface area contributed by atoms with Crippen LogP contribution in [0.25, 0.3) is 0 Å². The van der Waals surface area contributed by atoms with Crippen LogP contribution in [0.2, 0.25) is 0 Å². The molecule has 0 aliphatic carbocycles. The second-order valence-electron chi connectivity index (χ2n) is 4.14. The van der Waals surface area contributed by atoms with Crippen molar-refractivity contribution in [3.63, 3.8) is 0 Å². The van der Waals surface area contributed by atoms with Crippen molar-refractivity contribution in [3.05, 3.63) is 11.1 Å². The Morgan fingerprint density at radius 3 is 2.67 bits per heavy atom. The third-order valence-corrected chi connectivity index (χ3v) is 3.54. The average molecular weight is 226 g/mol. The Labute approximate surface area is 95.1 Å². The lowest BCUT2D eigenvalue weighted by Crippen LogP contribution is -2.45. The van der Waals surface area contributed by atoms with Gasteiger partial charge in [0.1, 0.15) is 0 Å². The van der Waals surface area contributed by atoms with Gasteiger partial charge in [-0.15, -0.1) is 11.3 Å². The first-order chi connectivity index (χ1) is 7.19. The summed E-state index contributed by atoms with van der Waals surface area (Å²) in [5, 5.41) is 3.30. The number of nitrogens with zero attached hydrogens (tertiary/aromatic N) is 2. The van der Waals surface area contributed by atoms with Gasteiger partial charge in [-0.3, -0.25) is 0 Å². The molecule has 0 spiro atoms. The van der Waals surface area contributed by atoms with E-state index in [1.54, 1.807) is 11.3 Å². The number of aromatic nitrogens is 1.